The molecule has 30 heavy (non-hydrogen) atoms. The number of benzene rings is 2. The average molecular weight is 426 g/mol. The first-order valence-corrected chi connectivity index (χ1v) is 9.87. The Kier molecular flexibility index (Phi) is 5.26. The van der Waals surface area contributed by atoms with Crippen molar-refractivity contribution in [2.24, 2.45) is 10.3 Å². The zero-order valence-corrected chi connectivity index (χ0v) is 17.3. The average Bonchev–Trinajstić information content (AvgIpc) is 3.23. The minimum Gasteiger partial charge on any atom is -0.350 e. The third-order valence-electron chi connectivity index (χ3n) is 5.35. The highest BCUT2D eigenvalue weighted by Crippen LogP contribution is 2.32. The van der Waals surface area contributed by atoms with Gasteiger partial charge in [0.2, 0.25) is 5.91 Å². The maximum absolute atomic E-state index is 13.0. The second kappa shape index (κ2) is 7.87. The molecular formula is C21H20ClN5O3. The third kappa shape index (κ3) is 3.54. The highest BCUT2D eigenvalue weighted by atomic mass is 35.5. The summed E-state index contributed by atoms with van der Waals surface area (Å²) < 4.78 is 0. The van der Waals surface area contributed by atoms with Crippen LogP contribution in [0.1, 0.15) is 16.7 Å². The van der Waals surface area contributed by atoms with Gasteiger partial charge < -0.3 is 5.32 Å². The van der Waals surface area contributed by atoms with E-state index in [1.165, 1.54) is 5.01 Å². The smallest absolute Gasteiger partial charge is 0.263 e. The molecule has 0 radical (unpaired) electrons. The number of hydrogen-bond acceptors (Lipinski definition) is 6. The minimum absolute atomic E-state index is 0.186. The molecule has 0 bridgehead atoms. The molecule has 2 aliphatic rings. The van der Waals surface area contributed by atoms with Gasteiger partial charge in [0.15, 0.2) is 12.1 Å². The summed E-state index contributed by atoms with van der Waals surface area (Å²) in [5.41, 5.74) is 3.32. The molecule has 1 N–H and O–H groups in total. The van der Waals surface area contributed by atoms with Gasteiger partial charge in [-0.1, -0.05) is 41.1 Å². The van der Waals surface area contributed by atoms with Crippen molar-refractivity contribution in [2.75, 3.05) is 11.4 Å². The number of halogens is 1. The van der Waals surface area contributed by atoms with Gasteiger partial charge in [-0.15, -0.1) is 0 Å². The summed E-state index contributed by atoms with van der Waals surface area (Å²) in [6, 6.07) is 10.7. The SMILES string of the molecule is Cc1ccc(N2C(=O)[C@H]3N=NN(CC(=O)NCc4ccccc4Cl)[C@@H]3C2=O)cc1C. The Bertz CT molecular complexity index is 1070. The van der Waals surface area contributed by atoms with Gasteiger partial charge in [-0.25, -0.2) is 4.90 Å². The van der Waals surface area contributed by atoms with Gasteiger partial charge in [0.25, 0.3) is 11.8 Å². The summed E-state index contributed by atoms with van der Waals surface area (Å²) in [4.78, 5) is 39.3. The van der Waals surface area contributed by atoms with Crippen LogP contribution in [0.15, 0.2) is 52.8 Å². The van der Waals surface area contributed by atoms with Gasteiger partial charge in [-0.2, -0.15) is 5.11 Å². The molecule has 2 heterocycles. The van der Waals surface area contributed by atoms with Crippen molar-refractivity contribution < 1.29 is 14.4 Å². The summed E-state index contributed by atoms with van der Waals surface area (Å²) >= 11 is 6.10. The lowest BCUT2D eigenvalue weighted by Crippen LogP contribution is -2.44. The first-order valence-electron chi connectivity index (χ1n) is 9.49. The van der Waals surface area contributed by atoms with Crippen LogP contribution in [0, 0.1) is 13.8 Å². The zero-order valence-electron chi connectivity index (χ0n) is 16.5. The predicted molar refractivity (Wildman–Crippen MR) is 111 cm³/mol. The van der Waals surface area contributed by atoms with E-state index in [1.54, 1.807) is 18.2 Å². The van der Waals surface area contributed by atoms with Gasteiger partial charge in [0.1, 0.15) is 6.54 Å². The van der Waals surface area contributed by atoms with Crippen molar-refractivity contribution in [3.63, 3.8) is 0 Å². The van der Waals surface area contributed by atoms with Crippen LogP contribution in [0.5, 0.6) is 0 Å². The van der Waals surface area contributed by atoms with E-state index in [0.29, 0.717) is 10.7 Å². The van der Waals surface area contributed by atoms with Crippen molar-refractivity contribution in [2.45, 2.75) is 32.5 Å². The van der Waals surface area contributed by atoms with Crippen molar-refractivity contribution in [3.8, 4) is 0 Å². The summed E-state index contributed by atoms with van der Waals surface area (Å²) in [5.74, 6) is -1.22. The van der Waals surface area contributed by atoms with E-state index in [9.17, 15) is 14.4 Å². The van der Waals surface area contributed by atoms with E-state index >= 15 is 0 Å². The molecule has 1 fully saturated rings. The topological polar surface area (TPSA) is 94.4 Å². The fraction of sp³-hybridized carbons (Fsp3) is 0.286. The Balaban J connectivity index is 1.45. The summed E-state index contributed by atoms with van der Waals surface area (Å²) in [7, 11) is 0. The van der Waals surface area contributed by atoms with Crippen molar-refractivity contribution >= 4 is 35.0 Å². The zero-order chi connectivity index (χ0) is 21.4. The van der Waals surface area contributed by atoms with Gasteiger partial charge >= 0.3 is 0 Å². The van der Waals surface area contributed by atoms with Crippen molar-refractivity contribution in [1.29, 1.82) is 0 Å². The Morgan fingerprint density at radius 3 is 2.60 bits per heavy atom. The number of amides is 3. The van der Waals surface area contributed by atoms with Crippen molar-refractivity contribution in [3.05, 3.63) is 64.2 Å². The van der Waals surface area contributed by atoms with Crippen LogP contribution in [0.3, 0.4) is 0 Å². The number of carbonyl (C=O) groups is 3. The molecule has 0 spiro atoms. The second-order valence-electron chi connectivity index (χ2n) is 7.34. The van der Waals surface area contributed by atoms with Gasteiger partial charge in [0.05, 0.1) is 5.69 Å². The second-order valence-corrected chi connectivity index (χ2v) is 7.75. The molecule has 3 amide bonds. The summed E-state index contributed by atoms with van der Waals surface area (Å²) in [6.07, 6.45) is 0. The molecule has 2 aromatic rings. The standard InChI is InChI=1S/C21H20ClN5O3/c1-12-7-8-15(9-13(12)2)27-20(29)18-19(21(27)30)26(25-24-18)11-17(28)23-10-14-5-3-4-6-16(14)22/h3-9,18-19H,10-11H2,1-2H3,(H,23,28)/t18-,19-/m0/s1. The van der Waals surface area contributed by atoms with Gasteiger partial charge in [-0.3, -0.25) is 19.4 Å². The lowest BCUT2D eigenvalue weighted by Gasteiger charge is -2.20. The van der Waals surface area contributed by atoms with E-state index in [2.05, 4.69) is 15.7 Å². The molecule has 2 aliphatic heterocycles. The van der Waals surface area contributed by atoms with E-state index in [0.717, 1.165) is 21.6 Å². The van der Waals surface area contributed by atoms with E-state index in [4.69, 9.17) is 11.6 Å². The molecule has 8 nitrogen and oxygen atoms in total. The number of imide groups is 1. The Morgan fingerprint density at radius 1 is 1.10 bits per heavy atom. The molecule has 2 aromatic carbocycles. The Morgan fingerprint density at radius 2 is 1.87 bits per heavy atom. The molecule has 9 heteroatoms. The number of nitrogens with one attached hydrogen (secondary N) is 1. The molecule has 4 rings (SSSR count). The fourth-order valence-electron chi connectivity index (χ4n) is 3.51. The van der Waals surface area contributed by atoms with E-state index in [1.807, 2.05) is 38.1 Å². The maximum Gasteiger partial charge on any atom is 0.263 e. The Hall–Kier alpha value is -3.26. The number of rotatable bonds is 5. The van der Waals surface area contributed by atoms with Gasteiger partial charge in [-0.05, 0) is 48.7 Å². The largest absolute Gasteiger partial charge is 0.350 e. The fourth-order valence-corrected chi connectivity index (χ4v) is 3.71. The summed E-state index contributed by atoms with van der Waals surface area (Å²) in [5, 5.41) is 12.4. The quantitative estimate of drug-likeness (QED) is 0.745. The van der Waals surface area contributed by atoms with Crippen molar-refractivity contribution in [1.82, 2.24) is 10.3 Å². The number of anilines is 1. The minimum atomic E-state index is -0.935. The first-order chi connectivity index (χ1) is 14.4. The molecular weight excluding hydrogens is 406 g/mol. The molecule has 0 aliphatic carbocycles. The van der Waals surface area contributed by atoms with Crippen LogP contribution in [0.4, 0.5) is 5.69 Å². The van der Waals surface area contributed by atoms with Crippen LogP contribution in [0.25, 0.3) is 0 Å². The molecule has 1 saturated heterocycles. The van der Waals surface area contributed by atoms with Crippen LogP contribution in [-0.2, 0) is 20.9 Å². The van der Waals surface area contributed by atoms with E-state index < -0.39 is 23.9 Å². The summed E-state index contributed by atoms with van der Waals surface area (Å²) in [6.45, 7) is 3.94. The monoisotopic (exact) mass is 425 g/mol. The number of aryl methyl sites for hydroxylation is 2. The van der Waals surface area contributed by atoms with Gasteiger partial charge in [0, 0.05) is 11.6 Å². The van der Waals surface area contributed by atoms with Crippen LogP contribution >= 0.6 is 11.6 Å². The molecule has 0 unspecified atom stereocenters. The normalized spacial score (nSPS) is 20.1. The number of nitrogens with zero attached hydrogens (tertiary/aromatic N) is 4. The van der Waals surface area contributed by atoms with Crippen LogP contribution in [-0.4, -0.2) is 41.4 Å². The Labute approximate surface area is 178 Å². The third-order valence-corrected chi connectivity index (χ3v) is 5.71. The van der Waals surface area contributed by atoms with Crippen LogP contribution < -0.4 is 10.2 Å². The number of hydrogen-bond donors (Lipinski definition) is 1. The van der Waals surface area contributed by atoms with E-state index in [-0.39, 0.29) is 19.0 Å². The number of carbonyl (C=O) groups excluding carboxylic acids is 3. The number of fused-ring (bicyclic) bond motifs is 1. The molecule has 0 saturated carbocycles. The molecule has 0 aromatic heterocycles. The lowest BCUT2D eigenvalue weighted by molar-refractivity contribution is -0.125. The molecule has 2 atom stereocenters. The highest BCUT2D eigenvalue weighted by Gasteiger charge is 2.55. The van der Waals surface area contributed by atoms with Crippen LogP contribution in [0.2, 0.25) is 5.02 Å². The maximum atomic E-state index is 13.0. The highest BCUT2D eigenvalue weighted by molar-refractivity contribution is 6.31. The first kappa shape index (κ1) is 20.0. The lowest BCUT2D eigenvalue weighted by atomic mass is 10.1. The predicted octanol–water partition coefficient (Wildman–Crippen LogP) is 2.57. The molecule has 154 valence electrons.